The van der Waals surface area contributed by atoms with E-state index >= 15 is 0 Å². The maximum Gasteiger partial charge on any atom is 0.342 e. The van der Waals surface area contributed by atoms with Gasteiger partial charge in [0.2, 0.25) is 0 Å². The number of carbonyl (C=O) groups is 6. The van der Waals surface area contributed by atoms with Crippen LogP contribution in [0.4, 0.5) is 0 Å². The number of hydrogen-bond acceptors (Lipinski definition) is 9. The van der Waals surface area contributed by atoms with Gasteiger partial charge in [-0.15, -0.1) is 41.2 Å². The molecule has 0 aromatic carbocycles. The molecule has 0 aliphatic carbocycles. The first kappa shape index (κ1) is 31.3. The van der Waals surface area contributed by atoms with Crippen LogP contribution in [0.15, 0.2) is 0 Å². The number of rotatable bonds is 3. The van der Waals surface area contributed by atoms with Crippen LogP contribution in [0.1, 0.15) is 6.92 Å². The molecule has 0 aromatic heterocycles. The van der Waals surface area contributed by atoms with E-state index in [0.29, 0.717) is 0 Å². The molecule has 36 heavy (non-hydrogen) atoms. The second-order valence-corrected chi connectivity index (χ2v) is 8.56. The number of nitrogens with zero attached hydrogens (tertiary/aromatic N) is 3. The summed E-state index contributed by atoms with van der Waals surface area (Å²) in [6.07, 6.45) is 0.734. The number of likely N-dealkylation sites (N-methyl/N-ethyl adjacent to an activating group) is 3. The Labute approximate surface area is 223 Å². The Hall–Kier alpha value is -2.75. The average Bonchev–Trinajstić information content (AvgIpc) is 2.86. The van der Waals surface area contributed by atoms with E-state index in [1.54, 1.807) is 0 Å². The van der Waals surface area contributed by atoms with Gasteiger partial charge >= 0.3 is 17.9 Å². The quantitative estimate of drug-likeness (QED) is 0.185. The van der Waals surface area contributed by atoms with Gasteiger partial charge in [0, 0.05) is 21.1 Å². The SMILES string of the molecule is C#CC1C(=O)OC(CCl)C(=O)N(C)CC(=O)OC(CCl)C(=O)N(C)C(C)C(=O)OC(CCl)C(=O)N1C. The lowest BCUT2D eigenvalue weighted by Crippen LogP contribution is -2.53. The first-order chi connectivity index (χ1) is 16.8. The molecule has 1 fully saturated rings. The van der Waals surface area contributed by atoms with Gasteiger partial charge < -0.3 is 28.9 Å². The predicted molar refractivity (Wildman–Crippen MR) is 127 cm³/mol. The third-order valence-electron chi connectivity index (χ3n) is 5.17. The smallest absolute Gasteiger partial charge is 0.342 e. The van der Waals surface area contributed by atoms with Crippen molar-refractivity contribution in [2.45, 2.75) is 37.3 Å². The Morgan fingerprint density at radius 2 is 1.22 bits per heavy atom. The number of hydrogen-bond donors (Lipinski definition) is 0. The van der Waals surface area contributed by atoms with Gasteiger partial charge in [-0.3, -0.25) is 19.2 Å². The number of esters is 3. The highest BCUT2D eigenvalue weighted by atomic mass is 35.5. The van der Waals surface area contributed by atoms with Crippen LogP contribution in [0.25, 0.3) is 0 Å². The van der Waals surface area contributed by atoms with Crippen molar-refractivity contribution in [3.05, 3.63) is 0 Å². The number of carbonyl (C=O) groups excluding carboxylic acids is 6. The van der Waals surface area contributed by atoms with Crippen molar-refractivity contribution in [2.75, 3.05) is 45.3 Å². The van der Waals surface area contributed by atoms with Crippen LogP contribution in [0.2, 0.25) is 0 Å². The van der Waals surface area contributed by atoms with Crippen LogP contribution in [0, 0.1) is 12.3 Å². The molecule has 0 N–H and O–H groups in total. The van der Waals surface area contributed by atoms with Crippen LogP contribution in [-0.4, -0.2) is 126 Å². The molecule has 0 saturated carbocycles. The highest BCUT2D eigenvalue weighted by Crippen LogP contribution is 2.13. The summed E-state index contributed by atoms with van der Waals surface area (Å²) in [6, 6.07) is -2.90. The Morgan fingerprint density at radius 1 is 0.778 bits per heavy atom. The summed E-state index contributed by atoms with van der Waals surface area (Å²) in [6.45, 7) is 0.644. The zero-order chi connectivity index (χ0) is 27.7. The van der Waals surface area contributed by atoms with Gasteiger partial charge in [-0.05, 0) is 6.92 Å². The summed E-state index contributed by atoms with van der Waals surface area (Å²) >= 11 is 17.4. The molecule has 1 aliphatic heterocycles. The van der Waals surface area contributed by atoms with Crippen molar-refractivity contribution in [1.82, 2.24) is 14.7 Å². The number of terminal acetylenes is 1. The van der Waals surface area contributed by atoms with Gasteiger partial charge in [0.05, 0.1) is 17.6 Å². The molecule has 0 radical (unpaired) electrons. The Bertz CT molecular complexity index is 926. The van der Waals surface area contributed by atoms with Gasteiger partial charge in [-0.25, -0.2) is 9.59 Å². The Morgan fingerprint density at radius 3 is 1.72 bits per heavy atom. The van der Waals surface area contributed by atoms with Gasteiger partial charge in [-0.1, -0.05) is 5.92 Å². The van der Waals surface area contributed by atoms with Crippen molar-refractivity contribution in [2.24, 2.45) is 0 Å². The van der Waals surface area contributed by atoms with E-state index in [1.165, 1.54) is 21.0 Å². The minimum Gasteiger partial charge on any atom is -0.450 e. The van der Waals surface area contributed by atoms with E-state index in [4.69, 9.17) is 55.4 Å². The molecular formula is C21H26Cl3N3O9. The summed E-state index contributed by atoms with van der Waals surface area (Å²) in [5, 5.41) is 0. The summed E-state index contributed by atoms with van der Waals surface area (Å²) < 4.78 is 15.3. The highest BCUT2D eigenvalue weighted by Gasteiger charge is 2.38. The molecule has 5 atom stereocenters. The van der Waals surface area contributed by atoms with Crippen LogP contribution in [-0.2, 0) is 43.0 Å². The molecule has 0 aromatic rings. The standard InChI is InChI=1S/C21H26Cl3N3O9/c1-6-12-21(33)36-13(7-22)17(29)25(3)10-16(28)34-14(8-23)18(30)26(4)11(2)20(32)35-15(9-24)19(31)27(12)5/h1,11-15H,7-10H2,2-5H3. The van der Waals surface area contributed by atoms with E-state index in [-0.39, 0.29) is 0 Å². The van der Waals surface area contributed by atoms with Crippen molar-refractivity contribution in [3.8, 4) is 12.3 Å². The molecule has 15 heteroatoms. The third kappa shape index (κ3) is 7.62. The van der Waals surface area contributed by atoms with Gasteiger partial charge in [0.1, 0.15) is 12.6 Å². The zero-order valence-corrected chi connectivity index (χ0v) is 22.2. The Balaban J connectivity index is 3.43. The monoisotopic (exact) mass is 569 g/mol. The molecule has 1 saturated heterocycles. The van der Waals surface area contributed by atoms with Crippen molar-refractivity contribution in [1.29, 1.82) is 0 Å². The lowest BCUT2D eigenvalue weighted by molar-refractivity contribution is -0.171. The van der Waals surface area contributed by atoms with E-state index < -0.39 is 90.2 Å². The molecule has 12 nitrogen and oxygen atoms in total. The number of halogens is 3. The normalized spacial score (nSPS) is 28.1. The largest absolute Gasteiger partial charge is 0.450 e. The van der Waals surface area contributed by atoms with E-state index in [9.17, 15) is 28.8 Å². The van der Waals surface area contributed by atoms with Crippen LogP contribution >= 0.6 is 34.8 Å². The molecule has 200 valence electrons. The maximum absolute atomic E-state index is 12.9. The highest BCUT2D eigenvalue weighted by molar-refractivity contribution is 6.20. The fraction of sp³-hybridized carbons (Fsp3) is 0.619. The minimum absolute atomic E-state index is 0.461. The summed E-state index contributed by atoms with van der Waals surface area (Å²) in [4.78, 5) is 78.6. The molecule has 1 heterocycles. The lowest BCUT2D eigenvalue weighted by Gasteiger charge is -2.31. The number of ether oxygens (including phenoxy) is 3. The molecule has 1 aliphatic rings. The molecule has 5 unspecified atom stereocenters. The maximum atomic E-state index is 12.9. The average molecular weight is 571 g/mol. The zero-order valence-electron chi connectivity index (χ0n) is 19.9. The lowest BCUT2D eigenvalue weighted by atomic mass is 10.2. The molecular weight excluding hydrogens is 545 g/mol. The third-order valence-corrected chi connectivity index (χ3v) is 6.01. The molecule has 1 rings (SSSR count). The molecule has 0 spiro atoms. The topological polar surface area (TPSA) is 140 Å². The number of amides is 3. The second-order valence-electron chi connectivity index (χ2n) is 7.63. The fourth-order valence-corrected chi connectivity index (χ4v) is 3.45. The first-order valence-corrected chi connectivity index (χ1v) is 12.0. The van der Waals surface area contributed by atoms with E-state index in [0.717, 1.165) is 21.7 Å². The minimum atomic E-state index is -1.64. The molecule has 0 bridgehead atoms. The number of cyclic esters (lactones) is 3. The van der Waals surface area contributed by atoms with Crippen molar-refractivity contribution >= 4 is 70.4 Å². The fourth-order valence-electron chi connectivity index (χ4n) is 2.87. The van der Waals surface area contributed by atoms with Crippen LogP contribution in [0.5, 0.6) is 0 Å². The van der Waals surface area contributed by atoms with Gasteiger partial charge in [0.15, 0.2) is 24.4 Å². The van der Waals surface area contributed by atoms with Crippen molar-refractivity contribution < 1.29 is 43.0 Å². The van der Waals surface area contributed by atoms with Crippen molar-refractivity contribution in [3.63, 3.8) is 0 Å². The summed E-state index contributed by atoms with van der Waals surface area (Å²) in [5.74, 6) is -5.30. The summed E-state index contributed by atoms with van der Waals surface area (Å²) in [5.41, 5.74) is 0. The molecule has 3 amide bonds. The van der Waals surface area contributed by atoms with Crippen LogP contribution < -0.4 is 0 Å². The first-order valence-electron chi connectivity index (χ1n) is 10.4. The van der Waals surface area contributed by atoms with E-state index in [2.05, 4.69) is 5.92 Å². The summed E-state index contributed by atoms with van der Waals surface area (Å²) in [7, 11) is 3.58. The van der Waals surface area contributed by atoms with Gasteiger partial charge in [0.25, 0.3) is 17.7 Å². The van der Waals surface area contributed by atoms with Crippen LogP contribution in [0.3, 0.4) is 0 Å². The second kappa shape index (κ2) is 14.1. The predicted octanol–water partition coefficient (Wildman–Crippen LogP) is -0.783. The van der Waals surface area contributed by atoms with Gasteiger partial charge in [-0.2, -0.15) is 0 Å². The Kier molecular flexibility index (Phi) is 12.3. The number of alkyl halides is 3. The van der Waals surface area contributed by atoms with E-state index in [1.807, 2.05) is 0 Å².